The first kappa shape index (κ1) is 22.3. The molecule has 174 valence electrons. The Morgan fingerprint density at radius 3 is 2.85 bits per heavy atom. The fourth-order valence-electron chi connectivity index (χ4n) is 4.53. The van der Waals surface area contributed by atoms with Crippen molar-refractivity contribution in [1.29, 1.82) is 0 Å². The molecule has 34 heavy (non-hydrogen) atoms. The summed E-state index contributed by atoms with van der Waals surface area (Å²) < 4.78 is 13.9. The summed E-state index contributed by atoms with van der Waals surface area (Å²) in [5.41, 5.74) is 3.46. The van der Waals surface area contributed by atoms with Crippen LogP contribution in [0.1, 0.15) is 41.6 Å². The molecule has 0 aliphatic heterocycles. The van der Waals surface area contributed by atoms with Crippen LogP contribution in [0.5, 0.6) is 0 Å². The lowest BCUT2D eigenvalue weighted by Crippen LogP contribution is -2.42. The largest absolute Gasteiger partial charge is 0.360 e. The molecule has 1 aliphatic rings. The summed E-state index contributed by atoms with van der Waals surface area (Å²) >= 11 is 6.45. The highest BCUT2D eigenvalue weighted by Crippen LogP contribution is 2.32. The van der Waals surface area contributed by atoms with Crippen molar-refractivity contribution in [2.24, 2.45) is 0 Å². The van der Waals surface area contributed by atoms with Crippen molar-refractivity contribution >= 4 is 34.4 Å². The number of H-pyrrole nitrogens is 1. The zero-order chi connectivity index (χ0) is 23.7. The van der Waals surface area contributed by atoms with E-state index in [9.17, 15) is 9.18 Å². The summed E-state index contributed by atoms with van der Waals surface area (Å²) in [5, 5.41) is 7.99. The molecule has 1 saturated carbocycles. The molecule has 4 aromatic rings. The molecule has 2 heterocycles. The molecule has 2 atom stereocenters. The summed E-state index contributed by atoms with van der Waals surface area (Å²) in [7, 11) is 0. The average molecular weight is 478 g/mol. The molecule has 0 spiro atoms. The predicted molar refractivity (Wildman–Crippen MR) is 133 cm³/mol. The zero-order valence-electron chi connectivity index (χ0n) is 18.7. The van der Waals surface area contributed by atoms with Gasteiger partial charge in [0.2, 0.25) is 5.95 Å². The molecule has 1 aliphatic carbocycles. The molecule has 0 saturated heterocycles. The second-order valence-corrected chi connectivity index (χ2v) is 9.19. The lowest BCUT2D eigenvalue weighted by atomic mass is 9.91. The summed E-state index contributed by atoms with van der Waals surface area (Å²) in [6.45, 7) is 1.68. The molecule has 6 nitrogen and oxygen atoms in total. The van der Waals surface area contributed by atoms with E-state index < -0.39 is 0 Å². The van der Waals surface area contributed by atoms with Crippen LogP contribution in [0.3, 0.4) is 0 Å². The number of nitrogens with one attached hydrogen (secondary N) is 3. The van der Waals surface area contributed by atoms with Crippen molar-refractivity contribution in [3.8, 4) is 11.3 Å². The van der Waals surface area contributed by atoms with E-state index in [0.29, 0.717) is 27.8 Å². The van der Waals surface area contributed by atoms with Crippen LogP contribution in [-0.4, -0.2) is 32.9 Å². The Labute approximate surface area is 202 Å². The highest BCUT2D eigenvalue weighted by atomic mass is 35.5. The number of fused-ring (bicyclic) bond motifs is 1. The molecule has 5 rings (SSSR count). The van der Waals surface area contributed by atoms with Crippen LogP contribution < -0.4 is 10.6 Å². The van der Waals surface area contributed by atoms with Gasteiger partial charge in [0.15, 0.2) is 0 Å². The van der Waals surface area contributed by atoms with Crippen LogP contribution in [0, 0.1) is 12.7 Å². The fourth-order valence-corrected chi connectivity index (χ4v) is 4.72. The van der Waals surface area contributed by atoms with Crippen LogP contribution in [0.2, 0.25) is 5.02 Å². The SMILES string of the molecule is Cc1ccc(C(=O)N[C@H]2CCC[C@@H](Nc3ncc(Cl)c(-c4c[nH]c5ccccc45)n3)C2)cc1F. The molecular formula is C26H25ClFN5O. The number of amides is 1. The van der Waals surface area contributed by atoms with E-state index in [1.54, 1.807) is 25.3 Å². The Balaban J connectivity index is 1.28. The Hall–Kier alpha value is -3.45. The molecule has 1 fully saturated rings. The van der Waals surface area contributed by atoms with Gasteiger partial charge in [-0.25, -0.2) is 14.4 Å². The lowest BCUT2D eigenvalue weighted by Gasteiger charge is -2.30. The third kappa shape index (κ3) is 4.61. The Morgan fingerprint density at radius 2 is 2.00 bits per heavy atom. The van der Waals surface area contributed by atoms with Crippen molar-refractivity contribution < 1.29 is 9.18 Å². The van der Waals surface area contributed by atoms with Gasteiger partial charge in [-0.3, -0.25) is 4.79 Å². The van der Waals surface area contributed by atoms with Gasteiger partial charge in [0.05, 0.1) is 16.9 Å². The summed E-state index contributed by atoms with van der Waals surface area (Å²) in [6, 6.07) is 12.7. The number of rotatable bonds is 5. The molecule has 2 aromatic heterocycles. The number of aromatic amines is 1. The number of aryl methyl sites for hydroxylation is 1. The number of hydrogen-bond acceptors (Lipinski definition) is 4. The van der Waals surface area contributed by atoms with Gasteiger partial charge in [-0.05, 0) is 56.4 Å². The number of aromatic nitrogens is 3. The second-order valence-electron chi connectivity index (χ2n) is 8.78. The fraction of sp³-hybridized carbons (Fsp3) is 0.269. The summed E-state index contributed by atoms with van der Waals surface area (Å²) in [6.07, 6.45) is 7.02. The predicted octanol–water partition coefficient (Wildman–Crippen LogP) is 5.88. The molecular weight excluding hydrogens is 453 g/mol. The van der Waals surface area contributed by atoms with Gasteiger partial charge in [0.25, 0.3) is 5.91 Å². The van der Waals surface area contributed by atoms with Gasteiger partial charge >= 0.3 is 0 Å². The van der Waals surface area contributed by atoms with Crippen molar-refractivity contribution in [3.05, 3.63) is 76.8 Å². The monoisotopic (exact) mass is 477 g/mol. The van der Waals surface area contributed by atoms with Crippen molar-refractivity contribution in [3.63, 3.8) is 0 Å². The Kier molecular flexibility index (Phi) is 6.20. The van der Waals surface area contributed by atoms with Gasteiger partial charge in [0, 0.05) is 40.3 Å². The molecule has 2 aromatic carbocycles. The van der Waals surface area contributed by atoms with Gasteiger partial charge in [0.1, 0.15) is 5.82 Å². The van der Waals surface area contributed by atoms with E-state index in [4.69, 9.17) is 16.6 Å². The number of hydrogen-bond donors (Lipinski definition) is 3. The van der Waals surface area contributed by atoms with E-state index >= 15 is 0 Å². The number of carbonyl (C=O) groups is 1. The Morgan fingerprint density at radius 1 is 1.18 bits per heavy atom. The van der Waals surface area contributed by atoms with Crippen LogP contribution in [0.15, 0.2) is 54.9 Å². The molecule has 0 radical (unpaired) electrons. The van der Waals surface area contributed by atoms with E-state index in [2.05, 4.69) is 20.6 Å². The number of nitrogens with zero attached hydrogens (tertiary/aromatic N) is 2. The maximum Gasteiger partial charge on any atom is 0.251 e. The van der Waals surface area contributed by atoms with Crippen molar-refractivity contribution in [2.45, 2.75) is 44.7 Å². The van der Waals surface area contributed by atoms with E-state index in [0.717, 1.165) is 42.1 Å². The highest BCUT2D eigenvalue weighted by molar-refractivity contribution is 6.33. The molecule has 1 amide bonds. The number of halogens is 2. The third-order valence-corrected chi connectivity index (χ3v) is 6.64. The highest BCUT2D eigenvalue weighted by Gasteiger charge is 2.25. The lowest BCUT2D eigenvalue weighted by molar-refractivity contribution is 0.0926. The van der Waals surface area contributed by atoms with Gasteiger partial charge in [-0.2, -0.15) is 0 Å². The number of para-hydroxylation sites is 1. The second kappa shape index (κ2) is 9.43. The maximum atomic E-state index is 13.9. The average Bonchev–Trinajstić information content (AvgIpc) is 3.26. The molecule has 0 bridgehead atoms. The summed E-state index contributed by atoms with van der Waals surface area (Å²) in [4.78, 5) is 25.0. The van der Waals surface area contributed by atoms with Crippen molar-refractivity contribution in [2.75, 3.05) is 5.32 Å². The number of benzene rings is 2. The minimum absolute atomic E-state index is 0.0106. The van der Waals surface area contributed by atoms with Gasteiger partial charge in [-0.1, -0.05) is 35.9 Å². The Bertz CT molecular complexity index is 1350. The number of anilines is 1. The maximum absolute atomic E-state index is 13.9. The van der Waals surface area contributed by atoms with E-state index in [1.165, 1.54) is 6.07 Å². The van der Waals surface area contributed by atoms with E-state index in [1.807, 2.05) is 30.5 Å². The number of carbonyl (C=O) groups excluding carboxylic acids is 1. The molecule has 8 heteroatoms. The first-order valence-electron chi connectivity index (χ1n) is 11.4. The van der Waals surface area contributed by atoms with E-state index in [-0.39, 0.29) is 23.8 Å². The minimum Gasteiger partial charge on any atom is -0.360 e. The van der Waals surface area contributed by atoms with Crippen LogP contribution in [0.25, 0.3) is 22.2 Å². The normalized spacial score (nSPS) is 18.1. The quantitative estimate of drug-likeness (QED) is 0.335. The standard InChI is InChI=1S/C26H25ClFN5O/c1-15-9-10-16(11-22(15)28)25(34)31-17-5-4-6-18(12-17)32-26-30-14-21(27)24(33-26)20-13-29-23-8-3-2-7-19(20)23/h2-3,7-11,13-14,17-18,29H,4-6,12H2,1H3,(H,31,34)(H,30,32,33)/t17-,18+/m0/s1. The van der Waals surface area contributed by atoms with Crippen LogP contribution in [-0.2, 0) is 0 Å². The first-order valence-corrected chi connectivity index (χ1v) is 11.8. The van der Waals surface area contributed by atoms with Gasteiger partial charge < -0.3 is 15.6 Å². The minimum atomic E-state index is -0.373. The van der Waals surface area contributed by atoms with Crippen LogP contribution in [0.4, 0.5) is 10.3 Å². The first-order chi connectivity index (χ1) is 16.5. The smallest absolute Gasteiger partial charge is 0.251 e. The summed E-state index contributed by atoms with van der Waals surface area (Å²) in [5.74, 6) is -0.127. The molecule has 0 unspecified atom stereocenters. The van der Waals surface area contributed by atoms with Gasteiger partial charge in [-0.15, -0.1) is 0 Å². The third-order valence-electron chi connectivity index (χ3n) is 6.37. The zero-order valence-corrected chi connectivity index (χ0v) is 19.5. The molecule has 3 N–H and O–H groups in total. The van der Waals surface area contributed by atoms with Crippen LogP contribution >= 0.6 is 11.6 Å². The topological polar surface area (TPSA) is 82.7 Å². The van der Waals surface area contributed by atoms with Crippen molar-refractivity contribution in [1.82, 2.24) is 20.3 Å².